The van der Waals surface area contributed by atoms with E-state index in [4.69, 9.17) is 16.3 Å². The van der Waals surface area contributed by atoms with Crippen LogP contribution in [0.3, 0.4) is 0 Å². The lowest BCUT2D eigenvalue weighted by Gasteiger charge is -2.07. The summed E-state index contributed by atoms with van der Waals surface area (Å²) in [4.78, 5) is 21.7. The highest BCUT2D eigenvalue weighted by Gasteiger charge is 2.16. The van der Waals surface area contributed by atoms with Crippen molar-refractivity contribution in [1.82, 2.24) is 0 Å². The van der Waals surface area contributed by atoms with Gasteiger partial charge in [0, 0.05) is 17.2 Å². The number of halogens is 1. The normalized spacial score (nSPS) is 10.0. The van der Waals surface area contributed by atoms with E-state index in [1.54, 1.807) is 0 Å². The number of methoxy groups -OCH3 is 1. The number of ether oxygens (including phenoxy) is 2. The van der Waals surface area contributed by atoms with Crippen LogP contribution in [0, 0.1) is 10.1 Å². The molecule has 2 aromatic rings. The summed E-state index contributed by atoms with van der Waals surface area (Å²) in [5.41, 5.74) is 0.155. The predicted molar refractivity (Wildman–Crippen MR) is 76.0 cm³/mol. The highest BCUT2D eigenvalue weighted by Crippen LogP contribution is 2.33. The molecule has 6 nitrogen and oxygen atoms in total. The van der Waals surface area contributed by atoms with Crippen molar-refractivity contribution in [3.8, 4) is 11.5 Å². The molecule has 0 heterocycles. The Bertz CT molecular complexity index is 684. The number of benzene rings is 2. The van der Waals surface area contributed by atoms with Crippen LogP contribution in [0.1, 0.15) is 10.4 Å². The lowest BCUT2D eigenvalue weighted by Crippen LogP contribution is -2.00. The average Bonchev–Trinajstić information content (AvgIpc) is 2.47. The zero-order valence-electron chi connectivity index (χ0n) is 10.9. The largest absolute Gasteiger partial charge is 0.465 e. The number of esters is 1. The quantitative estimate of drug-likeness (QED) is 0.487. The van der Waals surface area contributed by atoms with Crippen molar-refractivity contribution in [2.45, 2.75) is 0 Å². The van der Waals surface area contributed by atoms with Crippen LogP contribution in [0.5, 0.6) is 11.5 Å². The van der Waals surface area contributed by atoms with Gasteiger partial charge in [-0.2, -0.15) is 0 Å². The molecule has 21 heavy (non-hydrogen) atoms. The molecule has 0 N–H and O–H groups in total. The van der Waals surface area contributed by atoms with Crippen LogP contribution in [0.4, 0.5) is 5.69 Å². The predicted octanol–water partition coefficient (Wildman–Crippen LogP) is 3.83. The van der Waals surface area contributed by atoms with Crippen molar-refractivity contribution in [3.05, 3.63) is 63.2 Å². The molecule has 0 aliphatic heterocycles. The summed E-state index contributed by atoms with van der Waals surface area (Å²) in [6.45, 7) is 0. The zero-order valence-corrected chi connectivity index (χ0v) is 11.7. The van der Waals surface area contributed by atoms with Crippen LogP contribution < -0.4 is 4.74 Å². The third-order valence-corrected chi connectivity index (χ3v) is 2.86. The molecule has 0 aromatic heterocycles. The Hall–Kier alpha value is -2.60. The third kappa shape index (κ3) is 3.49. The van der Waals surface area contributed by atoms with Crippen LogP contribution in [0.15, 0.2) is 42.5 Å². The fourth-order valence-corrected chi connectivity index (χ4v) is 1.79. The molecule has 0 aliphatic rings. The number of hydrogen-bond acceptors (Lipinski definition) is 5. The van der Waals surface area contributed by atoms with Crippen molar-refractivity contribution in [2.24, 2.45) is 0 Å². The van der Waals surface area contributed by atoms with Gasteiger partial charge in [-0.3, -0.25) is 10.1 Å². The second-order valence-corrected chi connectivity index (χ2v) is 4.42. The number of nitro benzene ring substituents is 1. The summed E-state index contributed by atoms with van der Waals surface area (Å²) in [6, 6.07) is 10.0. The maximum Gasteiger partial charge on any atom is 0.337 e. The highest BCUT2D eigenvalue weighted by molar-refractivity contribution is 6.30. The molecule has 0 fully saturated rings. The number of carbonyl (C=O) groups excluding carboxylic acids is 1. The molecule has 7 heteroatoms. The first kappa shape index (κ1) is 14.8. The number of carbonyl (C=O) groups is 1. The lowest BCUT2D eigenvalue weighted by atomic mass is 10.2. The SMILES string of the molecule is COC(=O)c1ccc(Oc2cc(Cl)ccc2[N+](=O)[O-])cc1. The van der Waals surface area contributed by atoms with Gasteiger partial charge in [0.15, 0.2) is 0 Å². The first-order valence-electron chi connectivity index (χ1n) is 5.81. The second kappa shape index (κ2) is 6.23. The summed E-state index contributed by atoms with van der Waals surface area (Å²) in [5, 5.41) is 11.2. The molecule has 0 amide bonds. The zero-order chi connectivity index (χ0) is 15.4. The van der Waals surface area contributed by atoms with Crippen molar-refractivity contribution in [3.63, 3.8) is 0 Å². The van der Waals surface area contributed by atoms with E-state index in [2.05, 4.69) is 4.74 Å². The molecule has 0 unspecified atom stereocenters. The smallest absolute Gasteiger partial charge is 0.337 e. The fourth-order valence-electron chi connectivity index (χ4n) is 1.62. The Kier molecular flexibility index (Phi) is 4.39. The molecule has 0 saturated heterocycles. The van der Waals surface area contributed by atoms with Crippen LogP contribution in [-0.4, -0.2) is 18.0 Å². The third-order valence-electron chi connectivity index (χ3n) is 2.62. The van der Waals surface area contributed by atoms with E-state index in [1.807, 2.05) is 0 Å². The summed E-state index contributed by atoms with van der Waals surface area (Å²) in [7, 11) is 1.28. The molecule has 2 rings (SSSR count). The van der Waals surface area contributed by atoms with Crippen LogP contribution >= 0.6 is 11.6 Å². The van der Waals surface area contributed by atoms with Crippen molar-refractivity contribution in [2.75, 3.05) is 7.11 Å². The highest BCUT2D eigenvalue weighted by atomic mass is 35.5. The lowest BCUT2D eigenvalue weighted by molar-refractivity contribution is -0.385. The minimum Gasteiger partial charge on any atom is -0.465 e. The van der Waals surface area contributed by atoms with Gasteiger partial charge < -0.3 is 9.47 Å². The van der Waals surface area contributed by atoms with Gasteiger partial charge in [-0.05, 0) is 30.3 Å². The van der Waals surface area contributed by atoms with E-state index in [0.717, 1.165) is 0 Å². The molecular weight excluding hydrogens is 298 g/mol. The first-order valence-corrected chi connectivity index (χ1v) is 6.19. The van der Waals surface area contributed by atoms with Gasteiger partial charge in [-0.1, -0.05) is 11.6 Å². The van der Waals surface area contributed by atoms with Crippen LogP contribution in [0.2, 0.25) is 5.02 Å². The standard InChI is InChI=1S/C14H10ClNO5/c1-20-14(17)9-2-5-11(6-3-9)21-13-8-10(15)4-7-12(13)16(18)19/h2-8H,1H3. The van der Waals surface area contributed by atoms with E-state index < -0.39 is 10.9 Å². The molecule has 0 radical (unpaired) electrons. The van der Waals surface area contributed by atoms with E-state index in [1.165, 1.54) is 49.6 Å². The van der Waals surface area contributed by atoms with Crippen LogP contribution in [0.25, 0.3) is 0 Å². The average molecular weight is 308 g/mol. The maximum absolute atomic E-state index is 11.3. The minimum atomic E-state index is -0.561. The monoisotopic (exact) mass is 307 g/mol. The van der Waals surface area contributed by atoms with Gasteiger partial charge in [0.1, 0.15) is 5.75 Å². The number of hydrogen-bond donors (Lipinski definition) is 0. The molecule has 0 bridgehead atoms. The molecule has 108 valence electrons. The Balaban J connectivity index is 2.28. The van der Waals surface area contributed by atoms with Gasteiger partial charge in [0.25, 0.3) is 0 Å². The van der Waals surface area contributed by atoms with E-state index in [9.17, 15) is 14.9 Å². The number of rotatable bonds is 4. The summed E-state index contributed by atoms with van der Waals surface area (Å²) < 4.78 is 10.0. The maximum atomic E-state index is 11.3. The second-order valence-electron chi connectivity index (χ2n) is 3.99. The Morgan fingerprint density at radius 3 is 2.43 bits per heavy atom. The molecule has 0 spiro atoms. The summed E-state index contributed by atoms with van der Waals surface area (Å²) in [6.07, 6.45) is 0. The van der Waals surface area contributed by atoms with Gasteiger partial charge in [0.05, 0.1) is 17.6 Å². The molecule has 2 aromatic carbocycles. The van der Waals surface area contributed by atoms with Gasteiger partial charge >= 0.3 is 11.7 Å². The van der Waals surface area contributed by atoms with Crippen molar-refractivity contribution < 1.29 is 19.2 Å². The summed E-state index contributed by atoms with van der Waals surface area (Å²) >= 11 is 5.81. The van der Waals surface area contributed by atoms with E-state index in [-0.39, 0.29) is 11.4 Å². The Labute approximate surface area is 125 Å². The topological polar surface area (TPSA) is 78.7 Å². The molecular formula is C14H10ClNO5. The Morgan fingerprint density at radius 1 is 1.19 bits per heavy atom. The molecule has 0 atom stereocenters. The molecule has 0 saturated carbocycles. The summed E-state index contributed by atoms with van der Waals surface area (Å²) in [5.74, 6) is -0.110. The minimum absolute atomic E-state index is 0.0262. The van der Waals surface area contributed by atoms with Gasteiger partial charge in [-0.15, -0.1) is 0 Å². The van der Waals surface area contributed by atoms with Crippen LogP contribution in [-0.2, 0) is 4.74 Å². The first-order chi connectivity index (χ1) is 10.0. The van der Waals surface area contributed by atoms with E-state index in [0.29, 0.717) is 16.3 Å². The Morgan fingerprint density at radius 2 is 1.86 bits per heavy atom. The van der Waals surface area contributed by atoms with Gasteiger partial charge in [0.2, 0.25) is 5.75 Å². The number of nitrogens with zero attached hydrogens (tertiary/aromatic N) is 1. The van der Waals surface area contributed by atoms with E-state index >= 15 is 0 Å². The van der Waals surface area contributed by atoms with Crippen molar-refractivity contribution >= 4 is 23.3 Å². The van der Waals surface area contributed by atoms with Crippen molar-refractivity contribution in [1.29, 1.82) is 0 Å². The molecule has 0 aliphatic carbocycles. The fraction of sp³-hybridized carbons (Fsp3) is 0.0714. The van der Waals surface area contributed by atoms with Gasteiger partial charge in [-0.25, -0.2) is 4.79 Å². The number of nitro groups is 1.